The molecule has 0 saturated carbocycles. The SMILES string of the molecule is CC1CCCN(C(=O)c2ccccc2-c2nc(-c3ccc(Cl)cc3)no2)C1. The molecule has 1 fully saturated rings. The fourth-order valence-corrected chi connectivity index (χ4v) is 3.58. The Morgan fingerprint density at radius 3 is 2.74 bits per heavy atom. The first-order valence-electron chi connectivity index (χ1n) is 9.10. The van der Waals surface area contributed by atoms with Crippen LogP contribution in [0.4, 0.5) is 0 Å². The van der Waals surface area contributed by atoms with Crippen molar-refractivity contribution in [3.63, 3.8) is 0 Å². The van der Waals surface area contributed by atoms with E-state index in [4.69, 9.17) is 16.1 Å². The smallest absolute Gasteiger partial charge is 0.259 e. The quantitative estimate of drug-likeness (QED) is 0.645. The molecule has 4 rings (SSSR count). The molecule has 1 atom stereocenters. The third-order valence-electron chi connectivity index (χ3n) is 4.86. The summed E-state index contributed by atoms with van der Waals surface area (Å²) in [6.07, 6.45) is 2.20. The van der Waals surface area contributed by atoms with Crippen molar-refractivity contribution in [2.75, 3.05) is 13.1 Å². The maximum atomic E-state index is 13.1. The van der Waals surface area contributed by atoms with E-state index in [1.807, 2.05) is 41.3 Å². The van der Waals surface area contributed by atoms with Gasteiger partial charge in [-0.15, -0.1) is 0 Å². The van der Waals surface area contributed by atoms with E-state index < -0.39 is 0 Å². The Hall–Kier alpha value is -2.66. The third kappa shape index (κ3) is 3.74. The highest BCUT2D eigenvalue weighted by Gasteiger charge is 2.25. The van der Waals surface area contributed by atoms with Crippen molar-refractivity contribution < 1.29 is 9.32 Å². The fourth-order valence-electron chi connectivity index (χ4n) is 3.45. The number of likely N-dealkylation sites (tertiary alicyclic amines) is 1. The van der Waals surface area contributed by atoms with Crippen LogP contribution in [0.15, 0.2) is 53.1 Å². The van der Waals surface area contributed by atoms with E-state index in [1.165, 1.54) is 6.42 Å². The monoisotopic (exact) mass is 381 g/mol. The lowest BCUT2D eigenvalue weighted by Gasteiger charge is -2.31. The molecule has 27 heavy (non-hydrogen) atoms. The summed E-state index contributed by atoms with van der Waals surface area (Å²) in [6, 6.07) is 14.6. The van der Waals surface area contributed by atoms with Crippen molar-refractivity contribution in [3.05, 3.63) is 59.1 Å². The standard InChI is InChI=1S/C21H20ClN3O2/c1-14-5-4-12-25(13-14)21(26)18-7-3-2-6-17(18)20-23-19(24-27-20)15-8-10-16(22)11-9-15/h2-3,6-11,14H,4-5,12-13H2,1H3. The van der Waals surface area contributed by atoms with Crippen molar-refractivity contribution in [2.24, 2.45) is 5.92 Å². The number of carbonyl (C=O) groups is 1. The lowest BCUT2D eigenvalue weighted by molar-refractivity contribution is 0.0683. The second-order valence-corrected chi connectivity index (χ2v) is 7.41. The van der Waals surface area contributed by atoms with E-state index in [0.717, 1.165) is 25.1 Å². The van der Waals surface area contributed by atoms with Gasteiger partial charge in [0.2, 0.25) is 5.82 Å². The molecule has 138 valence electrons. The zero-order valence-corrected chi connectivity index (χ0v) is 15.8. The Labute approximate surface area is 163 Å². The largest absolute Gasteiger partial charge is 0.338 e. The van der Waals surface area contributed by atoms with Crippen LogP contribution in [0.1, 0.15) is 30.1 Å². The van der Waals surface area contributed by atoms with E-state index in [9.17, 15) is 4.79 Å². The van der Waals surface area contributed by atoms with Crippen molar-refractivity contribution in [3.8, 4) is 22.8 Å². The van der Waals surface area contributed by atoms with E-state index in [-0.39, 0.29) is 5.91 Å². The molecular formula is C21H20ClN3O2. The number of carbonyl (C=O) groups excluding carboxylic acids is 1. The molecule has 0 radical (unpaired) electrons. The highest BCUT2D eigenvalue weighted by atomic mass is 35.5. The van der Waals surface area contributed by atoms with E-state index in [2.05, 4.69) is 17.1 Å². The Balaban J connectivity index is 1.65. The number of hydrogen-bond acceptors (Lipinski definition) is 4. The van der Waals surface area contributed by atoms with Crippen LogP contribution in [-0.4, -0.2) is 34.0 Å². The predicted octanol–water partition coefficient (Wildman–Crippen LogP) is 4.93. The van der Waals surface area contributed by atoms with Crippen LogP contribution < -0.4 is 0 Å². The molecule has 1 aliphatic rings. The first-order valence-corrected chi connectivity index (χ1v) is 9.48. The van der Waals surface area contributed by atoms with Gasteiger partial charge in [-0.25, -0.2) is 0 Å². The van der Waals surface area contributed by atoms with Gasteiger partial charge < -0.3 is 9.42 Å². The number of benzene rings is 2. The van der Waals surface area contributed by atoms with E-state index >= 15 is 0 Å². The average Bonchev–Trinajstić information content (AvgIpc) is 3.18. The van der Waals surface area contributed by atoms with Gasteiger partial charge in [-0.2, -0.15) is 4.98 Å². The Kier molecular flexibility index (Phi) is 4.94. The maximum absolute atomic E-state index is 13.1. The number of piperidine rings is 1. The summed E-state index contributed by atoms with van der Waals surface area (Å²) < 4.78 is 5.47. The van der Waals surface area contributed by atoms with Crippen LogP contribution in [-0.2, 0) is 0 Å². The Morgan fingerprint density at radius 1 is 1.19 bits per heavy atom. The van der Waals surface area contributed by atoms with Crippen molar-refractivity contribution in [1.82, 2.24) is 15.0 Å². The molecule has 1 amide bonds. The second-order valence-electron chi connectivity index (χ2n) is 6.97. The first kappa shape index (κ1) is 17.7. The van der Waals surface area contributed by atoms with Crippen molar-refractivity contribution in [2.45, 2.75) is 19.8 Å². The van der Waals surface area contributed by atoms with Gasteiger partial charge in [-0.3, -0.25) is 4.79 Å². The summed E-state index contributed by atoms with van der Waals surface area (Å²) in [4.78, 5) is 19.5. The summed E-state index contributed by atoms with van der Waals surface area (Å²) in [7, 11) is 0. The van der Waals surface area contributed by atoms with Crippen LogP contribution in [0.25, 0.3) is 22.8 Å². The predicted molar refractivity (Wildman–Crippen MR) is 104 cm³/mol. The molecule has 2 aromatic carbocycles. The molecule has 3 aromatic rings. The molecule has 1 aromatic heterocycles. The molecule has 1 unspecified atom stereocenters. The molecule has 1 aliphatic heterocycles. The summed E-state index contributed by atoms with van der Waals surface area (Å²) >= 11 is 5.93. The molecule has 6 heteroatoms. The van der Waals surface area contributed by atoms with Crippen LogP contribution in [0, 0.1) is 5.92 Å². The molecule has 1 saturated heterocycles. The van der Waals surface area contributed by atoms with Gasteiger partial charge >= 0.3 is 0 Å². The molecule has 2 heterocycles. The summed E-state index contributed by atoms with van der Waals surface area (Å²) in [5.41, 5.74) is 2.06. The molecule has 0 spiro atoms. The van der Waals surface area contributed by atoms with Crippen LogP contribution in [0.3, 0.4) is 0 Å². The molecule has 0 bridgehead atoms. The summed E-state index contributed by atoms with van der Waals surface area (Å²) in [5.74, 6) is 1.35. The van der Waals surface area contributed by atoms with Crippen LogP contribution in [0.5, 0.6) is 0 Å². The molecule has 5 nitrogen and oxygen atoms in total. The number of nitrogens with zero attached hydrogens (tertiary/aromatic N) is 3. The van der Waals surface area contributed by atoms with E-state index in [1.54, 1.807) is 12.1 Å². The second kappa shape index (κ2) is 7.53. The lowest BCUT2D eigenvalue weighted by atomic mass is 9.98. The van der Waals surface area contributed by atoms with E-state index in [0.29, 0.717) is 33.8 Å². The highest BCUT2D eigenvalue weighted by Crippen LogP contribution is 2.28. The van der Waals surface area contributed by atoms with Gasteiger partial charge in [0.15, 0.2) is 0 Å². The van der Waals surface area contributed by atoms with Gasteiger partial charge in [-0.1, -0.05) is 35.8 Å². The van der Waals surface area contributed by atoms with Gasteiger partial charge in [0.1, 0.15) is 0 Å². The zero-order valence-electron chi connectivity index (χ0n) is 15.1. The number of aromatic nitrogens is 2. The van der Waals surface area contributed by atoms with Gasteiger partial charge in [-0.05, 0) is 55.2 Å². The third-order valence-corrected chi connectivity index (χ3v) is 5.11. The zero-order chi connectivity index (χ0) is 18.8. The Morgan fingerprint density at radius 2 is 1.96 bits per heavy atom. The van der Waals surface area contributed by atoms with Crippen molar-refractivity contribution >= 4 is 17.5 Å². The molecule has 0 N–H and O–H groups in total. The minimum absolute atomic E-state index is 0.0170. The topological polar surface area (TPSA) is 59.2 Å². The minimum atomic E-state index is 0.0170. The van der Waals surface area contributed by atoms with Crippen LogP contribution >= 0.6 is 11.6 Å². The van der Waals surface area contributed by atoms with Crippen molar-refractivity contribution in [1.29, 1.82) is 0 Å². The number of halogens is 1. The van der Waals surface area contributed by atoms with Gasteiger partial charge in [0, 0.05) is 23.7 Å². The Bertz CT molecular complexity index is 952. The van der Waals surface area contributed by atoms with Gasteiger partial charge in [0.25, 0.3) is 11.8 Å². The maximum Gasteiger partial charge on any atom is 0.259 e. The van der Waals surface area contributed by atoms with Gasteiger partial charge in [0.05, 0.1) is 11.1 Å². The first-order chi connectivity index (χ1) is 13.1. The highest BCUT2D eigenvalue weighted by molar-refractivity contribution is 6.30. The minimum Gasteiger partial charge on any atom is -0.338 e. The summed E-state index contributed by atoms with van der Waals surface area (Å²) in [6.45, 7) is 3.76. The summed E-state index contributed by atoms with van der Waals surface area (Å²) in [5, 5.41) is 4.71. The number of hydrogen-bond donors (Lipinski definition) is 0. The number of amides is 1. The molecular weight excluding hydrogens is 362 g/mol. The molecule has 0 aliphatic carbocycles. The average molecular weight is 382 g/mol. The van der Waals surface area contributed by atoms with Crippen LogP contribution in [0.2, 0.25) is 5.02 Å². The number of rotatable bonds is 3. The normalized spacial score (nSPS) is 17.1. The lowest BCUT2D eigenvalue weighted by Crippen LogP contribution is -2.39. The fraction of sp³-hybridized carbons (Fsp3) is 0.286.